The molecule has 156 valence electrons. The molecule has 2 aromatic rings. The normalized spacial score (nSPS) is 15.1. The van der Waals surface area contributed by atoms with Gasteiger partial charge in [-0.05, 0) is 55.7 Å². The van der Waals surface area contributed by atoms with E-state index in [2.05, 4.69) is 5.32 Å². The van der Waals surface area contributed by atoms with Crippen LogP contribution in [0.5, 0.6) is 11.5 Å². The number of benzene rings is 2. The Morgan fingerprint density at radius 1 is 1.10 bits per heavy atom. The number of ether oxygens (including phenoxy) is 2. The Hall–Kier alpha value is -2.42. The molecule has 1 N–H and O–H groups in total. The zero-order valence-corrected chi connectivity index (χ0v) is 17.5. The number of amides is 1. The minimum absolute atomic E-state index is 0.128. The van der Waals surface area contributed by atoms with Crippen LogP contribution in [-0.2, 0) is 19.6 Å². The van der Waals surface area contributed by atoms with Crippen molar-refractivity contribution >= 4 is 21.6 Å². The second-order valence-electron chi connectivity index (χ2n) is 7.02. The van der Waals surface area contributed by atoms with Gasteiger partial charge in [-0.25, -0.2) is 8.42 Å². The van der Waals surface area contributed by atoms with Crippen LogP contribution in [0.15, 0.2) is 47.4 Å². The lowest BCUT2D eigenvalue weighted by Crippen LogP contribution is -2.35. The van der Waals surface area contributed by atoms with Crippen molar-refractivity contribution < 1.29 is 22.7 Å². The number of methoxy groups -OCH3 is 1. The van der Waals surface area contributed by atoms with Gasteiger partial charge in [0.15, 0.2) is 5.75 Å². The molecular formula is C21H26N2O5S. The van der Waals surface area contributed by atoms with E-state index in [-0.39, 0.29) is 17.2 Å². The van der Waals surface area contributed by atoms with Crippen molar-refractivity contribution in [2.45, 2.75) is 31.1 Å². The Morgan fingerprint density at radius 3 is 2.55 bits per heavy atom. The standard InChI is InChI=1S/C21H26N2O5S/c1-16-7-6-8-17(13-16)28-20-10-9-18(14-19(20)22-21(24)15-27-2)29(25,26)23-11-4-3-5-12-23/h6-10,13-14H,3-5,11-12,15H2,1-2H3,(H,22,24). The monoisotopic (exact) mass is 418 g/mol. The van der Waals surface area contributed by atoms with Crippen LogP contribution in [0.4, 0.5) is 5.69 Å². The highest BCUT2D eigenvalue weighted by Crippen LogP contribution is 2.33. The third kappa shape index (κ3) is 5.35. The second kappa shape index (κ2) is 9.39. The summed E-state index contributed by atoms with van der Waals surface area (Å²) in [6.07, 6.45) is 2.74. The number of anilines is 1. The van der Waals surface area contributed by atoms with Crippen LogP contribution in [0.1, 0.15) is 24.8 Å². The molecule has 7 nitrogen and oxygen atoms in total. The van der Waals surface area contributed by atoms with Gasteiger partial charge in [0, 0.05) is 20.2 Å². The summed E-state index contributed by atoms with van der Waals surface area (Å²) in [5.74, 6) is 0.561. The Balaban J connectivity index is 1.94. The maximum absolute atomic E-state index is 13.0. The van der Waals surface area contributed by atoms with E-state index in [1.165, 1.54) is 23.5 Å². The molecule has 0 aromatic heterocycles. The summed E-state index contributed by atoms with van der Waals surface area (Å²) in [5, 5.41) is 2.69. The van der Waals surface area contributed by atoms with Gasteiger partial charge in [-0.3, -0.25) is 4.79 Å². The number of sulfonamides is 1. The van der Waals surface area contributed by atoms with E-state index in [4.69, 9.17) is 9.47 Å². The zero-order chi connectivity index (χ0) is 20.9. The molecule has 1 aliphatic rings. The van der Waals surface area contributed by atoms with Gasteiger partial charge in [0.2, 0.25) is 15.9 Å². The maximum Gasteiger partial charge on any atom is 0.250 e. The molecule has 0 unspecified atom stereocenters. The summed E-state index contributed by atoms with van der Waals surface area (Å²) in [4.78, 5) is 12.2. The third-order valence-corrected chi connectivity index (χ3v) is 6.57. The van der Waals surface area contributed by atoms with Crippen molar-refractivity contribution in [3.63, 3.8) is 0 Å². The molecule has 0 bridgehead atoms. The third-order valence-electron chi connectivity index (χ3n) is 4.67. The van der Waals surface area contributed by atoms with Crippen LogP contribution in [0.3, 0.4) is 0 Å². The van der Waals surface area contributed by atoms with Crippen LogP contribution in [0, 0.1) is 6.92 Å². The van der Waals surface area contributed by atoms with Crippen molar-refractivity contribution in [3.8, 4) is 11.5 Å². The molecule has 0 atom stereocenters. The van der Waals surface area contributed by atoms with E-state index >= 15 is 0 Å². The number of hydrogen-bond acceptors (Lipinski definition) is 5. The number of piperidine rings is 1. The van der Waals surface area contributed by atoms with Gasteiger partial charge >= 0.3 is 0 Å². The van der Waals surface area contributed by atoms with Gasteiger partial charge in [0.1, 0.15) is 12.4 Å². The maximum atomic E-state index is 13.0. The number of rotatable bonds is 7. The van der Waals surface area contributed by atoms with Crippen LogP contribution >= 0.6 is 0 Å². The summed E-state index contributed by atoms with van der Waals surface area (Å²) in [6.45, 7) is 2.82. The largest absolute Gasteiger partial charge is 0.455 e. The average molecular weight is 419 g/mol. The first-order valence-corrected chi connectivity index (χ1v) is 11.0. The Labute approximate surface area is 171 Å². The van der Waals surface area contributed by atoms with Crippen molar-refractivity contribution in [1.29, 1.82) is 0 Å². The van der Waals surface area contributed by atoms with Crippen molar-refractivity contribution in [1.82, 2.24) is 4.31 Å². The predicted octanol–water partition coefficient (Wildman–Crippen LogP) is 3.55. The van der Waals surface area contributed by atoms with E-state index in [0.717, 1.165) is 24.8 Å². The van der Waals surface area contributed by atoms with E-state index in [9.17, 15) is 13.2 Å². The highest BCUT2D eigenvalue weighted by atomic mass is 32.2. The fraction of sp³-hybridized carbons (Fsp3) is 0.381. The van der Waals surface area contributed by atoms with E-state index in [0.29, 0.717) is 24.6 Å². The molecule has 1 fully saturated rings. The Bertz CT molecular complexity index is 969. The minimum Gasteiger partial charge on any atom is -0.455 e. The summed E-state index contributed by atoms with van der Waals surface area (Å²) < 4.78 is 38.3. The number of hydrogen-bond donors (Lipinski definition) is 1. The number of aryl methyl sites for hydroxylation is 1. The molecule has 29 heavy (non-hydrogen) atoms. The molecule has 2 aromatic carbocycles. The number of carbonyl (C=O) groups is 1. The fourth-order valence-electron chi connectivity index (χ4n) is 3.23. The number of carbonyl (C=O) groups excluding carboxylic acids is 1. The lowest BCUT2D eigenvalue weighted by molar-refractivity contribution is -0.119. The summed E-state index contributed by atoms with van der Waals surface area (Å²) in [6, 6.07) is 12.0. The van der Waals surface area contributed by atoms with Gasteiger partial charge in [0.05, 0.1) is 10.6 Å². The first-order chi connectivity index (χ1) is 13.9. The highest BCUT2D eigenvalue weighted by molar-refractivity contribution is 7.89. The molecule has 0 aliphatic carbocycles. The molecule has 1 heterocycles. The topological polar surface area (TPSA) is 84.9 Å². The van der Waals surface area contributed by atoms with E-state index < -0.39 is 15.9 Å². The molecule has 8 heteroatoms. The molecule has 0 spiro atoms. The van der Waals surface area contributed by atoms with E-state index in [1.54, 1.807) is 12.1 Å². The summed E-state index contributed by atoms with van der Waals surface area (Å²) in [7, 11) is -2.22. The molecule has 1 aliphatic heterocycles. The van der Waals surface area contributed by atoms with Crippen LogP contribution in [-0.4, -0.2) is 45.4 Å². The van der Waals surface area contributed by atoms with Crippen LogP contribution in [0.2, 0.25) is 0 Å². The molecule has 1 saturated heterocycles. The summed E-state index contributed by atoms with van der Waals surface area (Å²) >= 11 is 0. The molecular weight excluding hydrogens is 392 g/mol. The Kier molecular flexibility index (Phi) is 6.89. The van der Waals surface area contributed by atoms with Crippen LogP contribution < -0.4 is 10.1 Å². The average Bonchev–Trinajstić information content (AvgIpc) is 2.70. The van der Waals surface area contributed by atoms with Gasteiger partial charge in [0.25, 0.3) is 0 Å². The lowest BCUT2D eigenvalue weighted by atomic mass is 10.2. The molecule has 0 radical (unpaired) electrons. The Morgan fingerprint density at radius 2 is 1.86 bits per heavy atom. The molecule has 0 saturated carbocycles. The second-order valence-corrected chi connectivity index (χ2v) is 8.96. The van der Waals surface area contributed by atoms with Gasteiger partial charge in [-0.2, -0.15) is 4.31 Å². The highest BCUT2D eigenvalue weighted by Gasteiger charge is 2.27. The number of nitrogens with zero attached hydrogens (tertiary/aromatic N) is 1. The summed E-state index contributed by atoms with van der Waals surface area (Å²) in [5.41, 5.74) is 1.31. The molecule has 1 amide bonds. The van der Waals surface area contributed by atoms with Gasteiger partial charge in [-0.15, -0.1) is 0 Å². The van der Waals surface area contributed by atoms with Gasteiger partial charge in [-0.1, -0.05) is 18.6 Å². The minimum atomic E-state index is -3.63. The quantitative estimate of drug-likeness (QED) is 0.743. The SMILES string of the molecule is COCC(=O)Nc1cc(S(=O)(=O)N2CCCCC2)ccc1Oc1cccc(C)c1. The fourth-order valence-corrected chi connectivity index (χ4v) is 4.78. The molecule has 3 rings (SSSR count). The van der Waals surface area contributed by atoms with Gasteiger partial charge < -0.3 is 14.8 Å². The van der Waals surface area contributed by atoms with E-state index in [1.807, 2.05) is 25.1 Å². The number of nitrogens with one attached hydrogen (secondary N) is 1. The zero-order valence-electron chi connectivity index (χ0n) is 16.7. The first-order valence-electron chi connectivity index (χ1n) is 9.57. The van der Waals surface area contributed by atoms with Crippen molar-refractivity contribution in [3.05, 3.63) is 48.0 Å². The van der Waals surface area contributed by atoms with Crippen LogP contribution in [0.25, 0.3) is 0 Å². The first kappa shape index (κ1) is 21.3. The van der Waals surface area contributed by atoms with Crippen molar-refractivity contribution in [2.24, 2.45) is 0 Å². The lowest BCUT2D eigenvalue weighted by Gasteiger charge is -2.26. The smallest absolute Gasteiger partial charge is 0.250 e. The van der Waals surface area contributed by atoms with Crippen molar-refractivity contribution in [2.75, 3.05) is 32.1 Å². The predicted molar refractivity (Wildman–Crippen MR) is 111 cm³/mol.